The monoisotopic (exact) mass is 323 g/mol. The van der Waals surface area contributed by atoms with Crippen molar-refractivity contribution in [3.63, 3.8) is 0 Å². The number of rotatable bonds is 6. The molecule has 1 aliphatic carbocycles. The van der Waals surface area contributed by atoms with Crippen LogP contribution in [0.5, 0.6) is 5.75 Å². The molecule has 0 radical (unpaired) electrons. The van der Waals surface area contributed by atoms with Gasteiger partial charge in [0, 0.05) is 6.26 Å². The van der Waals surface area contributed by atoms with Crippen LogP contribution in [0.3, 0.4) is 0 Å². The van der Waals surface area contributed by atoms with Crippen molar-refractivity contribution in [2.75, 3.05) is 26.0 Å². The molecule has 4 nitrogen and oxygen atoms in total. The fraction of sp³-hybridized carbons (Fsp3) is 0.647. The van der Waals surface area contributed by atoms with Crippen molar-refractivity contribution in [3.05, 3.63) is 24.3 Å². The summed E-state index contributed by atoms with van der Waals surface area (Å²) in [5, 5.41) is 3.42. The smallest absolute Gasteiger partial charge is 0.175 e. The summed E-state index contributed by atoms with van der Waals surface area (Å²) in [5.41, 5.74) is 0. The van der Waals surface area contributed by atoms with Gasteiger partial charge >= 0.3 is 0 Å². The van der Waals surface area contributed by atoms with Crippen molar-refractivity contribution in [1.29, 1.82) is 0 Å². The molecule has 1 saturated carbocycles. The second kappa shape index (κ2) is 6.59. The normalized spacial score (nSPS) is 25.9. The maximum absolute atomic E-state index is 11.4. The van der Waals surface area contributed by atoms with Gasteiger partial charge in [0.1, 0.15) is 5.75 Å². The van der Waals surface area contributed by atoms with E-state index in [0.29, 0.717) is 4.90 Å². The van der Waals surface area contributed by atoms with E-state index in [1.54, 1.807) is 24.3 Å². The minimum Gasteiger partial charge on any atom is -0.494 e. The molecular weight excluding hydrogens is 298 g/mol. The number of benzene rings is 1. The van der Waals surface area contributed by atoms with E-state index in [4.69, 9.17) is 4.74 Å². The molecule has 2 aliphatic rings. The molecule has 22 heavy (non-hydrogen) atoms. The van der Waals surface area contributed by atoms with Crippen LogP contribution in [0.15, 0.2) is 29.2 Å². The molecular formula is C17H25NO3S. The fourth-order valence-corrected chi connectivity index (χ4v) is 4.19. The highest BCUT2D eigenvalue weighted by Crippen LogP contribution is 2.49. The molecule has 2 atom stereocenters. The second-order valence-corrected chi connectivity index (χ2v) is 8.64. The van der Waals surface area contributed by atoms with Crippen molar-refractivity contribution in [2.24, 2.45) is 17.8 Å². The van der Waals surface area contributed by atoms with E-state index in [-0.39, 0.29) is 0 Å². The topological polar surface area (TPSA) is 55.4 Å². The third kappa shape index (κ3) is 4.02. The van der Waals surface area contributed by atoms with E-state index in [2.05, 4.69) is 5.32 Å². The molecule has 3 rings (SSSR count). The molecule has 1 N–H and O–H groups in total. The molecule has 0 spiro atoms. The average molecular weight is 323 g/mol. The number of piperidine rings is 1. The van der Waals surface area contributed by atoms with Gasteiger partial charge in [0.25, 0.3) is 0 Å². The Balaban J connectivity index is 1.40. The van der Waals surface area contributed by atoms with Crippen LogP contribution in [-0.4, -0.2) is 34.4 Å². The highest BCUT2D eigenvalue weighted by Gasteiger charge is 2.42. The van der Waals surface area contributed by atoms with Crippen molar-refractivity contribution in [3.8, 4) is 5.75 Å². The van der Waals surface area contributed by atoms with Gasteiger partial charge in [-0.3, -0.25) is 0 Å². The van der Waals surface area contributed by atoms with E-state index in [0.717, 1.165) is 36.5 Å². The van der Waals surface area contributed by atoms with Crippen LogP contribution < -0.4 is 10.1 Å². The number of hydrogen-bond donors (Lipinski definition) is 1. The lowest BCUT2D eigenvalue weighted by atomic mass is 9.91. The maximum Gasteiger partial charge on any atom is 0.175 e. The Kier molecular flexibility index (Phi) is 4.73. The molecule has 1 aliphatic heterocycles. The quantitative estimate of drug-likeness (QED) is 0.874. The Morgan fingerprint density at radius 3 is 2.50 bits per heavy atom. The molecule has 1 aromatic rings. The minimum atomic E-state index is -3.12. The van der Waals surface area contributed by atoms with E-state index in [9.17, 15) is 8.42 Å². The molecule has 0 amide bonds. The fourth-order valence-electron chi connectivity index (χ4n) is 3.56. The van der Waals surface area contributed by atoms with Crippen molar-refractivity contribution < 1.29 is 13.2 Å². The first kappa shape index (κ1) is 15.8. The molecule has 1 aromatic carbocycles. The van der Waals surface area contributed by atoms with Crippen molar-refractivity contribution >= 4 is 9.84 Å². The summed E-state index contributed by atoms with van der Waals surface area (Å²) >= 11 is 0. The Bertz CT molecular complexity index is 591. The van der Waals surface area contributed by atoms with Crippen LogP contribution in [0.1, 0.15) is 25.7 Å². The lowest BCUT2D eigenvalue weighted by molar-refractivity contribution is 0.279. The molecule has 2 fully saturated rings. The van der Waals surface area contributed by atoms with Crippen LogP contribution in [0, 0.1) is 17.8 Å². The summed E-state index contributed by atoms with van der Waals surface area (Å²) < 4.78 is 28.5. The van der Waals surface area contributed by atoms with Crippen LogP contribution in [-0.2, 0) is 9.84 Å². The summed E-state index contributed by atoms with van der Waals surface area (Å²) in [7, 11) is -3.12. The molecule has 1 heterocycles. The molecule has 0 aromatic heterocycles. The van der Waals surface area contributed by atoms with E-state index < -0.39 is 9.84 Å². The molecule has 0 bridgehead atoms. The summed E-state index contributed by atoms with van der Waals surface area (Å²) in [6.45, 7) is 3.08. The predicted octanol–water partition coefficient (Wildman–Crippen LogP) is 2.49. The summed E-state index contributed by atoms with van der Waals surface area (Å²) in [5.74, 6) is 3.42. The average Bonchev–Trinajstić information content (AvgIpc) is 3.27. The maximum atomic E-state index is 11.4. The number of hydrogen-bond acceptors (Lipinski definition) is 4. The van der Waals surface area contributed by atoms with Crippen molar-refractivity contribution in [1.82, 2.24) is 5.32 Å². The Labute approximate surface area is 133 Å². The standard InChI is InChI=1S/C17H25NO3S/c1-22(19,20)16-4-2-15(3-5-16)21-11-8-14-12-17(14)13-6-9-18-10-7-13/h2-5,13-14,17-18H,6-12H2,1H3/t14-,17-/m1/s1. The van der Waals surface area contributed by atoms with Crippen molar-refractivity contribution in [2.45, 2.75) is 30.6 Å². The van der Waals surface area contributed by atoms with Gasteiger partial charge < -0.3 is 10.1 Å². The highest BCUT2D eigenvalue weighted by molar-refractivity contribution is 7.90. The van der Waals surface area contributed by atoms with Gasteiger partial charge in [-0.05, 0) is 80.8 Å². The minimum absolute atomic E-state index is 0.341. The van der Waals surface area contributed by atoms with Gasteiger partial charge in [0.15, 0.2) is 9.84 Å². The van der Waals surface area contributed by atoms with Gasteiger partial charge in [-0.15, -0.1) is 0 Å². The number of nitrogens with one attached hydrogen (secondary N) is 1. The van der Waals surface area contributed by atoms with E-state index in [1.165, 1.54) is 38.6 Å². The largest absolute Gasteiger partial charge is 0.494 e. The molecule has 0 unspecified atom stereocenters. The van der Waals surface area contributed by atoms with Gasteiger partial charge in [-0.25, -0.2) is 8.42 Å². The third-order valence-corrected chi connectivity index (χ3v) is 6.10. The molecule has 122 valence electrons. The van der Waals surface area contributed by atoms with Gasteiger partial charge in [0.2, 0.25) is 0 Å². The first-order valence-electron chi connectivity index (χ1n) is 8.17. The van der Waals surface area contributed by atoms with Crippen LogP contribution in [0.2, 0.25) is 0 Å². The molecule has 5 heteroatoms. The van der Waals surface area contributed by atoms with E-state index in [1.807, 2.05) is 0 Å². The zero-order chi connectivity index (χ0) is 15.6. The Hall–Kier alpha value is -1.07. The number of ether oxygens (including phenoxy) is 1. The number of sulfone groups is 1. The van der Waals surface area contributed by atoms with Gasteiger partial charge in [0.05, 0.1) is 11.5 Å². The van der Waals surface area contributed by atoms with Crippen LogP contribution in [0.25, 0.3) is 0 Å². The Morgan fingerprint density at radius 2 is 1.86 bits per heavy atom. The predicted molar refractivity (Wildman–Crippen MR) is 86.9 cm³/mol. The van der Waals surface area contributed by atoms with Gasteiger partial charge in [-0.2, -0.15) is 0 Å². The third-order valence-electron chi connectivity index (χ3n) is 4.98. The zero-order valence-electron chi connectivity index (χ0n) is 13.1. The van der Waals surface area contributed by atoms with Crippen LogP contribution >= 0.6 is 0 Å². The summed E-state index contributed by atoms with van der Waals surface area (Å²) in [6.07, 6.45) is 6.35. The lowest BCUT2D eigenvalue weighted by Crippen LogP contribution is -2.29. The van der Waals surface area contributed by atoms with Gasteiger partial charge in [-0.1, -0.05) is 0 Å². The lowest BCUT2D eigenvalue weighted by Gasteiger charge is -2.22. The molecule has 1 saturated heterocycles. The summed E-state index contributed by atoms with van der Waals surface area (Å²) in [6, 6.07) is 6.71. The SMILES string of the molecule is CS(=O)(=O)c1ccc(OCC[C@@H]2C[C@@H]2C2CCNCC2)cc1. The highest BCUT2D eigenvalue weighted by atomic mass is 32.2. The van der Waals surface area contributed by atoms with E-state index >= 15 is 0 Å². The Morgan fingerprint density at radius 1 is 1.18 bits per heavy atom. The second-order valence-electron chi connectivity index (χ2n) is 6.63. The first-order chi connectivity index (χ1) is 10.5. The van der Waals surface area contributed by atoms with Crippen LogP contribution in [0.4, 0.5) is 0 Å². The zero-order valence-corrected chi connectivity index (χ0v) is 13.9. The first-order valence-corrected chi connectivity index (χ1v) is 10.1. The summed E-state index contributed by atoms with van der Waals surface area (Å²) in [4.78, 5) is 0.341.